The molecule has 0 aliphatic carbocycles. The van der Waals surface area contributed by atoms with Crippen molar-refractivity contribution in [3.05, 3.63) is 28.8 Å². The van der Waals surface area contributed by atoms with E-state index in [0.29, 0.717) is 18.3 Å². The summed E-state index contributed by atoms with van der Waals surface area (Å²) in [7, 11) is 0. The fourth-order valence-electron chi connectivity index (χ4n) is 2.53. The Morgan fingerprint density at radius 2 is 2.21 bits per heavy atom. The van der Waals surface area contributed by atoms with Crippen LogP contribution in [0.4, 0.5) is 14.5 Å². The zero-order valence-electron chi connectivity index (χ0n) is 11.1. The van der Waals surface area contributed by atoms with Crippen LogP contribution in [0.2, 0.25) is 5.02 Å². The number of hydrogen-bond acceptors (Lipinski definition) is 2. The van der Waals surface area contributed by atoms with Gasteiger partial charge in [-0.2, -0.15) is 0 Å². The SMILES string of the molecule is CCCNC1CCCN(c2c(F)cc(F)cc2Cl)C1. The van der Waals surface area contributed by atoms with Gasteiger partial charge in [-0.3, -0.25) is 0 Å². The molecule has 1 heterocycles. The molecule has 2 rings (SSSR count). The average Bonchev–Trinajstić information content (AvgIpc) is 2.35. The lowest BCUT2D eigenvalue weighted by atomic mass is 10.0. The maximum atomic E-state index is 13.9. The zero-order chi connectivity index (χ0) is 13.8. The molecule has 19 heavy (non-hydrogen) atoms. The van der Waals surface area contributed by atoms with E-state index >= 15 is 0 Å². The van der Waals surface area contributed by atoms with E-state index in [0.717, 1.165) is 38.4 Å². The van der Waals surface area contributed by atoms with Gasteiger partial charge >= 0.3 is 0 Å². The Labute approximate surface area is 117 Å². The van der Waals surface area contributed by atoms with Crippen LogP contribution in [0.15, 0.2) is 12.1 Å². The molecule has 1 fully saturated rings. The zero-order valence-corrected chi connectivity index (χ0v) is 11.8. The van der Waals surface area contributed by atoms with Crippen molar-refractivity contribution >= 4 is 17.3 Å². The van der Waals surface area contributed by atoms with Gasteiger partial charge in [-0.15, -0.1) is 0 Å². The smallest absolute Gasteiger partial charge is 0.150 e. The molecule has 2 nitrogen and oxygen atoms in total. The lowest BCUT2D eigenvalue weighted by molar-refractivity contribution is 0.420. The molecule has 1 aliphatic rings. The first-order chi connectivity index (χ1) is 9.11. The van der Waals surface area contributed by atoms with Crippen molar-refractivity contribution in [2.45, 2.75) is 32.2 Å². The Bertz CT molecular complexity index is 416. The summed E-state index contributed by atoms with van der Waals surface area (Å²) in [5, 5.41) is 3.59. The Balaban J connectivity index is 2.13. The molecule has 1 atom stereocenters. The number of nitrogens with one attached hydrogen (secondary N) is 1. The standard InChI is InChI=1S/C14H19ClF2N2/c1-2-5-18-11-4-3-6-19(9-11)14-12(15)7-10(16)8-13(14)17/h7-8,11,18H,2-6,9H2,1H3. The Morgan fingerprint density at radius 1 is 1.42 bits per heavy atom. The molecule has 1 aromatic rings. The second kappa shape index (κ2) is 6.53. The van der Waals surface area contributed by atoms with E-state index in [1.165, 1.54) is 6.07 Å². The highest BCUT2D eigenvalue weighted by Gasteiger charge is 2.23. The fraction of sp³-hybridized carbons (Fsp3) is 0.571. The summed E-state index contributed by atoms with van der Waals surface area (Å²) in [5.74, 6) is -1.22. The van der Waals surface area contributed by atoms with Gasteiger partial charge in [-0.05, 0) is 31.9 Å². The molecular formula is C14H19ClF2N2. The first kappa shape index (κ1) is 14.5. The molecule has 0 aromatic heterocycles. The van der Waals surface area contributed by atoms with Crippen molar-refractivity contribution < 1.29 is 8.78 Å². The second-order valence-corrected chi connectivity index (χ2v) is 5.36. The molecule has 0 amide bonds. The Hall–Kier alpha value is -0.870. The summed E-state index contributed by atoms with van der Waals surface area (Å²) in [4.78, 5) is 1.91. The van der Waals surface area contributed by atoms with Crippen LogP contribution in [0.3, 0.4) is 0 Å². The van der Waals surface area contributed by atoms with Crippen molar-refractivity contribution in [3.63, 3.8) is 0 Å². The highest BCUT2D eigenvalue weighted by molar-refractivity contribution is 6.33. The summed E-state index contributed by atoms with van der Waals surface area (Å²) in [5.41, 5.74) is 0.325. The number of rotatable bonds is 4. The second-order valence-electron chi connectivity index (χ2n) is 4.96. The maximum Gasteiger partial charge on any atom is 0.150 e. The summed E-state index contributed by atoms with van der Waals surface area (Å²) >= 11 is 5.98. The van der Waals surface area contributed by atoms with Gasteiger partial charge in [-0.1, -0.05) is 18.5 Å². The van der Waals surface area contributed by atoms with E-state index in [1.807, 2.05) is 4.90 Å². The quantitative estimate of drug-likeness (QED) is 0.911. The van der Waals surface area contributed by atoms with Gasteiger partial charge in [0.05, 0.1) is 10.7 Å². The van der Waals surface area contributed by atoms with E-state index < -0.39 is 11.6 Å². The molecule has 0 spiro atoms. The molecule has 1 N–H and O–H groups in total. The van der Waals surface area contributed by atoms with Crippen LogP contribution in [0.1, 0.15) is 26.2 Å². The minimum Gasteiger partial charge on any atom is -0.366 e. The van der Waals surface area contributed by atoms with Gasteiger partial charge in [0, 0.05) is 25.2 Å². The van der Waals surface area contributed by atoms with Gasteiger partial charge in [0.15, 0.2) is 5.82 Å². The van der Waals surface area contributed by atoms with Crippen LogP contribution in [0.5, 0.6) is 0 Å². The lowest BCUT2D eigenvalue weighted by Gasteiger charge is -2.35. The number of nitrogens with zero attached hydrogens (tertiary/aromatic N) is 1. The Kier molecular flexibility index (Phi) is 4.99. The van der Waals surface area contributed by atoms with Crippen molar-refractivity contribution in [1.29, 1.82) is 0 Å². The molecule has 0 bridgehead atoms. The van der Waals surface area contributed by atoms with Crippen molar-refractivity contribution in [1.82, 2.24) is 5.32 Å². The molecule has 1 aliphatic heterocycles. The highest BCUT2D eigenvalue weighted by atomic mass is 35.5. The average molecular weight is 289 g/mol. The third-order valence-electron chi connectivity index (χ3n) is 3.40. The predicted octanol–water partition coefficient (Wildman–Crippen LogP) is 3.59. The summed E-state index contributed by atoms with van der Waals surface area (Å²) < 4.78 is 27.0. The van der Waals surface area contributed by atoms with Crippen molar-refractivity contribution in [2.24, 2.45) is 0 Å². The van der Waals surface area contributed by atoms with Gasteiger partial charge in [0.1, 0.15) is 5.82 Å². The van der Waals surface area contributed by atoms with Crippen LogP contribution < -0.4 is 10.2 Å². The summed E-state index contributed by atoms with van der Waals surface area (Å²) in [6, 6.07) is 2.40. The molecular weight excluding hydrogens is 270 g/mol. The number of hydrogen-bond donors (Lipinski definition) is 1. The first-order valence-corrected chi connectivity index (χ1v) is 7.12. The third kappa shape index (κ3) is 3.57. The van der Waals surface area contributed by atoms with E-state index in [-0.39, 0.29) is 5.02 Å². The minimum absolute atomic E-state index is 0.147. The van der Waals surface area contributed by atoms with Crippen LogP contribution in [0, 0.1) is 11.6 Å². The van der Waals surface area contributed by atoms with Crippen molar-refractivity contribution in [3.8, 4) is 0 Å². The summed E-state index contributed by atoms with van der Waals surface area (Å²) in [6.07, 6.45) is 3.13. The van der Waals surface area contributed by atoms with Crippen molar-refractivity contribution in [2.75, 3.05) is 24.5 Å². The molecule has 0 radical (unpaired) electrons. The maximum absolute atomic E-state index is 13.9. The van der Waals surface area contributed by atoms with Gasteiger partial charge in [-0.25, -0.2) is 8.78 Å². The number of anilines is 1. The first-order valence-electron chi connectivity index (χ1n) is 6.74. The van der Waals surface area contributed by atoms with E-state index in [4.69, 9.17) is 11.6 Å². The highest BCUT2D eigenvalue weighted by Crippen LogP contribution is 2.32. The van der Waals surface area contributed by atoms with E-state index in [9.17, 15) is 8.78 Å². The molecule has 5 heteroatoms. The molecule has 1 unspecified atom stereocenters. The minimum atomic E-state index is -0.635. The molecule has 0 saturated carbocycles. The largest absolute Gasteiger partial charge is 0.366 e. The molecule has 106 valence electrons. The van der Waals surface area contributed by atoms with E-state index in [1.54, 1.807) is 0 Å². The normalized spacial score (nSPS) is 19.8. The third-order valence-corrected chi connectivity index (χ3v) is 3.69. The number of piperidine rings is 1. The van der Waals surface area contributed by atoms with Crippen LogP contribution >= 0.6 is 11.6 Å². The monoisotopic (exact) mass is 288 g/mol. The topological polar surface area (TPSA) is 15.3 Å². The fourth-order valence-corrected chi connectivity index (χ4v) is 2.85. The van der Waals surface area contributed by atoms with Crippen LogP contribution in [0.25, 0.3) is 0 Å². The van der Waals surface area contributed by atoms with Crippen LogP contribution in [-0.2, 0) is 0 Å². The predicted molar refractivity (Wildman–Crippen MR) is 74.9 cm³/mol. The van der Waals surface area contributed by atoms with Gasteiger partial charge in [0.25, 0.3) is 0 Å². The van der Waals surface area contributed by atoms with Gasteiger partial charge in [0.2, 0.25) is 0 Å². The number of benzene rings is 1. The molecule has 1 saturated heterocycles. The lowest BCUT2D eigenvalue weighted by Crippen LogP contribution is -2.46. The van der Waals surface area contributed by atoms with Crippen LogP contribution in [-0.4, -0.2) is 25.7 Å². The van der Waals surface area contributed by atoms with E-state index in [2.05, 4.69) is 12.2 Å². The Morgan fingerprint density at radius 3 is 2.89 bits per heavy atom. The molecule has 1 aromatic carbocycles. The number of halogens is 3. The van der Waals surface area contributed by atoms with Gasteiger partial charge < -0.3 is 10.2 Å². The summed E-state index contributed by atoms with van der Waals surface area (Å²) in [6.45, 7) is 4.54.